The van der Waals surface area contributed by atoms with Crippen LogP contribution in [-0.4, -0.2) is 23.0 Å². The molecule has 1 unspecified atom stereocenters. The van der Waals surface area contributed by atoms with E-state index < -0.39 is 11.9 Å². The molecule has 4 heteroatoms. The van der Waals surface area contributed by atoms with Crippen LogP contribution in [0.25, 0.3) is 0 Å². The van der Waals surface area contributed by atoms with Crippen molar-refractivity contribution in [2.75, 3.05) is 0 Å². The number of carbonyl (C=O) groups is 2. The van der Waals surface area contributed by atoms with Crippen molar-refractivity contribution >= 4 is 11.9 Å². The Morgan fingerprint density at radius 1 is 1.25 bits per heavy atom. The van der Waals surface area contributed by atoms with Gasteiger partial charge in [-0.3, -0.25) is 9.59 Å². The summed E-state index contributed by atoms with van der Waals surface area (Å²) in [6, 6.07) is 0.256. The molecule has 0 spiro atoms. The summed E-state index contributed by atoms with van der Waals surface area (Å²) in [5.74, 6) is -1.46. The number of carbonyl (C=O) groups excluding carboxylic acids is 1. The Morgan fingerprint density at radius 2 is 1.81 bits per heavy atom. The third-order valence-corrected chi connectivity index (χ3v) is 3.13. The molecule has 1 aliphatic rings. The fraction of sp³-hybridized carbons (Fsp3) is 0.833. The number of aliphatic carboxylic acids is 1. The molecule has 4 nitrogen and oxygen atoms in total. The Kier molecular flexibility index (Phi) is 5.29. The molecule has 92 valence electrons. The summed E-state index contributed by atoms with van der Waals surface area (Å²) in [6.07, 6.45) is 6.81. The Morgan fingerprint density at radius 3 is 2.31 bits per heavy atom. The molecular formula is C12H21NO3. The first-order valence-electron chi connectivity index (χ1n) is 6.11. The van der Waals surface area contributed by atoms with Crippen molar-refractivity contribution in [2.24, 2.45) is 5.92 Å². The van der Waals surface area contributed by atoms with E-state index in [0.29, 0.717) is 0 Å². The van der Waals surface area contributed by atoms with Gasteiger partial charge in [0, 0.05) is 12.0 Å². The van der Waals surface area contributed by atoms with Crippen molar-refractivity contribution in [1.82, 2.24) is 5.32 Å². The van der Waals surface area contributed by atoms with Crippen LogP contribution in [0.1, 0.15) is 51.9 Å². The quantitative estimate of drug-likeness (QED) is 0.721. The molecule has 0 aliphatic heterocycles. The largest absolute Gasteiger partial charge is 0.481 e. The van der Waals surface area contributed by atoms with E-state index >= 15 is 0 Å². The van der Waals surface area contributed by atoms with Gasteiger partial charge in [0.15, 0.2) is 0 Å². The van der Waals surface area contributed by atoms with Gasteiger partial charge < -0.3 is 10.4 Å². The molecule has 2 N–H and O–H groups in total. The van der Waals surface area contributed by atoms with Gasteiger partial charge in [0.2, 0.25) is 5.91 Å². The molecule has 1 atom stereocenters. The van der Waals surface area contributed by atoms with E-state index in [1.807, 2.05) is 0 Å². The topological polar surface area (TPSA) is 66.4 Å². The zero-order valence-electron chi connectivity index (χ0n) is 9.87. The Bertz CT molecular complexity index is 245. The summed E-state index contributed by atoms with van der Waals surface area (Å²) in [5, 5.41) is 11.6. The Labute approximate surface area is 96.4 Å². The van der Waals surface area contributed by atoms with Gasteiger partial charge in [-0.15, -0.1) is 0 Å². The lowest BCUT2D eigenvalue weighted by Gasteiger charge is -2.18. The average molecular weight is 227 g/mol. The molecule has 0 aromatic carbocycles. The number of hydrogen-bond acceptors (Lipinski definition) is 2. The van der Waals surface area contributed by atoms with E-state index in [1.54, 1.807) is 6.92 Å². The predicted octanol–water partition coefficient (Wildman–Crippen LogP) is 1.94. The summed E-state index contributed by atoms with van der Waals surface area (Å²) in [4.78, 5) is 22.2. The molecule has 0 aromatic rings. The first kappa shape index (κ1) is 13.0. The van der Waals surface area contributed by atoms with Crippen LogP contribution < -0.4 is 5.32 Å². The molecule has 1 fully saturated rings. The fourth-order valence-corrected chi connectivity index (χ4v) is 2.12. The molecule has 1 aliphatic carbocycles. The SMILES string of the molecule is CC(CC(=O)O)C(=O)NC1CCCCCC1. The number of carboxylic acids is 1. The van der Waals surface area contributed by atoms with Crippen LogP contribution in [0.5, 0.6) is 0 Å². The van der Waals surface area contributed by atoms with Gasteiger partial charge in [-0.05, 0) is 12.8 Å². The minimum Gasteiger partial charge on any atom is -0.481 e. The lowest BCUT2D eigenvalue weighted by molar-refractivity contribution is -0.141. The summed E-state index contributed by atoms with van der Waals surface area (Å²) >= 11 is 0. The van der Waals surface area contributed by atoms with Gasteiger partial charge in [0.05, 0.1) is 6.42 Å². The summed E-state index contributed by atoms with van der Waals surface area (Å²) < 4.78 is 0. The maximum absolute atomic E-state index is 11.7. The van der Waals surface area contributed by atoms with E-state index in [1.165, 1.54) is 12.8 Å². The van der Waals surface area contributed by atoms with E-state index in [9.17, 15) is 9.59 Å². The van der Waals surface area contributed by atoms with E-state index in [2.05, 4.69) is 5.32 Å². The van der Waals surface area contributed by atoms with Crippen molar-refractivity contribution in [3.05, 3.63) is 0 Å². The molecule has 0 bridgehead atoms. The molecule has 0 aromatic heterocycles. The smallest absolute Gasteiger partial charge is 0.304 e. The van der Waals surface area contributed by atoms with Crippen molar-refractivity contribution in [1.29, 1.82) is 0 Å². The number of rotatable bonds is 4. The van der Waals surface area contributed by atoms with E-state index in [0.717, 1.165) is 25.7 Å². The maximum Gasteiger partial charge on any atom is 0.304 e. The normalized spacial score (nSPS) is 19.8. The molecular weight excluding hydrogens is 206 g/mol. The van der Waals surface area contributed by atoms with E-state index in [-0.39, 0.29) is 18.4 Å². The molecule has 1 saturated carbocycles. The van der Waals surface area contributed by atoms with E-state index in [4.69, 9.17) is 5.11 Å². The second-order valence-corrected chi connectivity index (χ2v) is 4.70. The maximum atomic E-state index is 11.7. The van der Waals surface area contributed by atoms with Crippen LogP contribution in [0.15, 0.2) is 0 Å². The Hall–Kier alpha value is -1.06. The predicted molar refractivity (Wildman–Crippen MR) is 61.0 cm³/mol. The van der Waals surface area contributed by atoms with Gasteiger partial charge in [0.25, 0.3) is 0 Å². The first-order valence-corrected chi connectivity index (χ1v) is 6.11. The molecule has 0 saturated heterocycles. The van der Waals surface area contributed by atoms with Crippen LogP contribution >= 0.6 is 0 Å². The lowest BCUT2D eigenvalue weighted by Crippen LogP contribution is -2.38. The van der Waals surface area contributed by atoms with Gasteiger partial charge in [-0.1, -0.05) is 32.6 Å². The lowest BCUT2D eigenvalue weighted by atomic mass is 10.0. The summed E-state index contributed by atoms with van der Waals surface area (Å²) in [6.45, 7) is 1.67. The monoisotopic (exact) mass is 227 g/mol. The molecule has 16 heavy (non-hydrogen) atoms. The highest BCUT2D eigenvalue weighted by Crippen LogP contribution is 2.17. The highest BCUT2D eigenvalue weighted by molar-refractivity contribution is 5.82. The van der Waals surface area contributed by atoms with Gasteiger partial charge in [-0.25, -0.2) is 0 Å². The number of carboxylic acid groups (broad SMARTS) is 1. The van der Waals surface area contributed by atoms with Crippen molar-refractivity contribution in [3.8, 4) is 0 Å². The van der Waals surface area contributed by atoms with Crippen molar-refractivity contribution < 1.29 is 14.7 Å². The standard InChI is InChI=1S/C12H21NO3/c1-9(8-11(14)15)12(16)13-10-6-4-2-3-5-7-10/h9-10H,2-8H2,1H3,(H,13,16)(H,14,15). The van der Waals surface area contributed by atoms with Crippen molar-refractivity contribution in [2.45, 2.75) is 57.9 Å². The number of hydrogen-bond donors (Lipinski definition) is 2. The molecule has 0 radical (unpaired) electrons. The zero-order chi connectivity index (χ0) is 12.0. The van der Waals surface area contributed by atoms with Crippen LogP contribution in [0.3, 0.4) is 0 Å². The number of nitrogens with one attached hydrogen (secondary N) is 1. The van der Waals surface area contributed by atoms with Crippen molar-refractivity contribution in [3.63, 3.8) is 0 Å². The summed E-state index contributed by atoms with van der Waals surface area (Å²) in [7, 11) is 0. The van der Waals surface area contributed by atoms with Crippen LogP contribution in [0.4, 0.5) is 0 Å². The second kappa shape index (κ2) is 6.51. The first-order chi connectivity index (χ1) is 7.59. The third-order valence-electron chi connectivity index (χ3n) is 3.13. The average Bonchev–Trinajstić information content (AvgIpc) is 2.45. The highest BCUT2D eigenvalue weighted by Gasteiger charge is 2.20. The van der Waals surface area contributed by atoms with Crippen LogP contribution in [0, 0.1) is 5.92 Å². The van der Waals surface area contributed by atoms with Crippen LogP contribution in [-0.2, 0) is 9.59 Å². The van der Waals surface area contributed by atoms with Gasteiger partial charge >= 0.3 is 5.97 Å². The fourth-order valence-electron chi connectivity index (χ4n) is 2.12. The van der Waals surface area contributed by atoms with Gasteiger partial charge in [-0.2, -0.15) is 0 Å². The van der Waals surface area contributed by atoms with Gasteiger partial charge in [0.1, 0.15) is 0 Å². The summed E-state index contributed by atoms with van der Waals surface area (Å²) in [5.41, 5.74) is 0. The molecule has 1 rings (SSSR count). The van der Waals surface area contributed by atoms with Crippen LogP contribution in [0.2, 0.25) is 0 Å². The highest BCUT2D eigenvalue weighted by atomic mass is 16.4. The minimum atomic E-state index is -0.913. The second-order valence-electron chi connectivity index (χ2n) is 4.70. The minimum absolute atomic E-state index is 0.0848. The molecule has 1 amide bonds. The molecule has 0 heterocycles. The third kappa shape index (κ3) is 4.64. The Balaban J connectivity index is 2.34. The number of amides is 1. The zero-order valence-corrected chi connectivity index (χ0v) is 9.87.